The molecule has 2 heterocycles. The maximum absolute atomic E-state index is 12.9. The molecule has 0 aliphatic carbocycles. The number of anilines is 1. The van der Waals surface area contributed by atoms with Crippen LogP contribution in [0, 0.1) is 6.92 Å². The summed E-state index contributed by atoms with van der Waals surface area (Å²) >= 11 is 1.39. The van der Waals surface area contributed by atoms with Crippen LogP contribution >= 0.6 is 11.3 Å². The fourth-order valence-corrected chi connectivity index (χ4v) is 4.61. The predicted octanol–water partition coefficient (Wildman–Crippen LogP) is 3.80. The van der Waals surface area contributed by atoms with Gasteiger partial charge in [0.2, 0.25) is 0 Å². The minimum absolute atomic E-state index is 0.0567. The molecule has 3 aromatic rings. The number of aromatic nitrogens is 2. The number of aryl methyl sites for hydroxylation is 1. The minimum Gasteiger partial charge on any atom is -0.449 e. The number of thiophene rings is 1. The second-order valence-electron chi connectivity index (χ2n) is 6.34. The van der Waals surface area contributed by atoms with Crippen molar-refractivity contribution in [3.05, 3.63) is 58.0 Å². The van der Waals surface area contributed by atoms with Gasteiger partial charge < -0.3 is 9.72 Å². The molecule has 0 saturated heterocycles. The molecule has 0 atom stereocenters. The Balaban J connectivity index is 1.84. The Kier molecular flexibility index (Phi) is 6.23. The third kappa shape index (κ3) is 4.60. The maximum Gasteiger partial charge on any atom is 0.411 e. The van der Waals surface area contributed by atoms with Gasteiger partial charge in [0.15, 0.2) is 0 Å². The fraction of sp³-hybridized carbons (Fsp3) is 0.263. The number of nitrogens with one attached hydrogen (secondary N) is 2. The van der Waals surface area contributed by atoms with Gasteiger partial charge in [-0.05, 0) is 48.6 Å². The summed E-state index contributed by atoms with van der Waals surface area (Å²) in [6, 6.07) is 7.82. The molecule has 0 aliphatic heterocycles. The number of hydrogen-bond donors (Lipinski definition) is 2. The number of rotatable bonds is 7. The van der Waals surface area contributed by atoms with E-state index < -0.39 is 21.8 Å². The molecule has 0 aliphatic rings. The average molecular weight is 436 g/mol. The summed E-state index contributed by atoms with van der Waals surface area (Å²) in [7, 11) is -4.09. The summed E-state index contributed by atoms with van der Waals surface area (Å²) in [6.45, 7) is 3.97. The highest BCUT2D eigenvalue weighted by molar-refractivity contribution is 7.90. The molecule has 0 unspecified atom stereocenters. The lowest BCUT2D eigenvalue weighted by Crippen LogP contribution is -2.24. The molecule has 0 bridgehead atoms. The summed E-state index contributed by atoms with van der Waals surface area (Å²) in [5.41, 5.74) is 0.651. The number of hydrogen-bond acceptors (Lipinski definition) is 6. The third-order valence-corrected chi connectivity index (χ3v) is 6.74. The van der Waals surface area contributed by atoms with Crippen LogP contribution < -0.4 is 11.0 Å². The number of carbonyl (C=O) groups excluding carboxylic acids is 1. The van der Waals surface area contributed by atoms with E-state index in [2.05, 4.69) is 10.3 Å². The van der Waals surface area contributed by atoms with Crippen LogP contribution in [-0.4, -0.2) is 30.1 Å². The van der Waals surface area contributed by atoms with Gasteiger partial charge in [-0.1, -0.05) is 19.4 Å². The van der Waals surface area contributed by atoms with Crippen LogP contribution in [0.1, 0.15) is 25.3 Å². The van der Waals surface area contributed by atoms with E-state index in [-0.39, 0.29) is 4.90 Å². The first-order valence-electron chi connectivity index (χ1n) is 8.98. The van der Waals surface area contributed by atoms with Gasteiger partial charge in [-0.15, -0.1) is 11.3 Å². The molecule has 10 heteroatoms. The number of benzene rings is 1. The zero-order valence-electron chi connectivity index (χ0n) is 16.0. The molecule has 8 nitrogen and oxygen atoms in total. The first kappa shape index (κ1) is 20.9. The van der Waals surface area contributed by atoms with Crippen molar-refractivity contribution in [2.24, 2.45) is 0 Å². The lowest BCUT2D eigenvalue weighted by Gasteiger charge is -2.11. The monoisotopic (exact) mass is 435 g/mol. The Morgan fingerprint density at radius 2 is 2.10 bits per heavy atom. The SMILES string of the molecule is CCCCOC(=O)Nc1ccc(S(=O)(=O)n2cc(-c3cccs3)[nH]c2=O)cc1C. The Bertz CT molecular complexity index is 1160. The fourth-order valence-electron chi connectivity index (χ4n) is 2.62. The normalized spacial score (nSPS) is 11.4. The molecule has 2 N–H and O–H groups in total. The Labute approximate surface area is 172 Å². The van der Waals surface area contributed by atoms with Crippen LogP contribution in [0.25, 0.3) is 10.6 Å². The summed E-state index contributed by atoms with van der Waals surface area (Å²) in [5, 5.41) is 4.43. The van der Waals surface area contributed by atoms with Crippen molar-refractivity contribution in [3.8, 4) is 10.6 Å². The largest absolute Gasteiger partial charge is 0.449 e. The second-order valence-corrected chi connectivity index (χ2v) is 9.10. The lowest BCUT2D eigenvalue weighted by molar-refractivity contribution is 0.160. The Morgan fingerprint density at radius 3 is 2.76 bits per heavy atom. The predicted molar refractivity (Wildman–Crippen MR) is 112 cm³/mol. The highest BCUT2D eigenvalue weighted by Gasteiger charge is 2.22. The van der Waals surface area contributed by atoms with E-state index in [0.717, 1.165) is 17.7 Å². The number of amides is 1. The van der Waals surface area contributed by atoms with Crippen LogP contribution in [0.15, 0.2) is 51.6 Å². The van der Waals surface area contributed by atoms with Crippen LogP contribution in [0.4, 0.5) is 10.5 Å². The van der Waals surface area contributed by atoms with Crippen LogP contribution in [0.3, 0.4) is 0 Å². The topological polar surface area (TPSA) is 110 Å². The maximum atomic E-state index is 12.9. The molecular weight excluding hydrogens is 414 g/mol. The molecule has 3 rings (SSSR count). The van der Waals surface area contributed by atoms with Gasteiger partial charge in [-0.25, -0.2) is 18.0 Å². The second kappa shape index (κ2) is 8.66. The molecule has 0 spiro atoms. The van der Waals surface area contributed by atoms with Crippen molar-refractivity contribution in [1.29, 1.82) is 0 Å². The van der Waals surface area contributed by atoms with Gasteiger partial charge in [-0.3, -0.25) is 5.32 Å². The standard InChI is InChI=1S/C19H21N3O5S2/c1-3-4-9-27-19(24)21-15-8-7-14(11-13(15)2)29(25,26)22-12-16(20-18(22)23)17-6-5-10-28-17/h5-8,10-12H,3-4,9H2,1-2H3,(H,20,23)(H,21,24). The molecule has 0 saturated carbocycles. The van der Waals surface area contributed by atoms with Crippen LogP contribution in [0.5, 0.6) is 0 Å². The molecule has 154 valence electrons. The molecule has 2 aromatic heterocycles. The average Bonchev–Trinajstić information content (AvgIpc) is 3.33. The number of imidazole rings is 1. The van der Waals surface area contributed by atoms with Crippen molar-refractivity contribution in [2.75, 3.05) is 11.9 Å². The number of aromatic amines is 1. The van der Waals surface area contributed by atoms with Gasteiger partial charge in [0, 0.05) is 5.69 Å². The zero-order chi connectivity index (χ0) is 21.0. The number of carbonyl (C=O) groups is 1. The van der Waals surface area contributed by atoms with E-state index in [1.165, 1.54) is 35.7 Å². The molecule has 1 amide bonds. The first-order chi connectivity index (χ1) is 13.8. The number of unbranched alkanes of at least 4 members (excludes halogenated alkanes) is 1. The van der Waals surface area contributed by atoms with Crippen molar-refractivity contribution < 1.29 is 17.9 Å². The summed E-state index contributed by atoms with van der Waals surface area (Å²) in [6.07, 6.45) is 2.35. The van der Waals surface area contributed by atoms with E-state index in [0.29, 0.717) is 27.5 Å². The lowest BCUT2D eigenvalue weighted by atomic mass is 10.2. The first-order valence-corrected chi connectivity index (χ1v) is 11.3. The molecule has 29 heavy (non-hydrogen) atoms. The van der Waals surface area contributed by atoms with E-state index in [1.807, 2.05) is 18.4 Å². The molecule has 0 fully saturated rings. The van der Waals surface area contributed by atoms with Crippen molar-refractivity contribution in [1.82, 2.24) is 8.96 Å². The van der Waals surface area contributed by atoms with Gasteiger partial charge in [0.1, 0.15) is 0 Å². The van der Waals surface area contributed by atoms with Gasteiger partial charge in [0.05, 0.1) is 28.3 Å². The van der Waals surface area contributed by atoms with Crippen LogP contribution in [0.2, 0.25) is 0 Å². The van der Waals surface area contributed by atoms with Gasteiger partial charge in [0.25, 0.3) is 10.0 Å². The Morgan fingerprint density at radius 1 is 1.31 bits per heavy atom. The van der Waals surface area contributed by atoms with E-state index >= 15 is 0 Å². The van der Waals surface area contributed by atoms with E-state index in [4.69, 9.17) is 4.74 Å². The van der Waals surface area contributed by atoms with Crippen molar-refractivity contribution in [2.45, 2.75) is 31.6 Å². The summed E-state index contributed by atoms with van der Waals surface area (Å²) in [4.78, 5) is 27.3. The van der Waals surface area contributed by atoms with Gasteiger partial charge in [-0.2, -0.15) is 3.97 Å². The smallest absolute Gasteiger partial charge is 0.411 e. The van der Waals surface area contributed by atoms with E-state index in [9.17, 15) is 18.0 Å². The van der Waals surface area contributed by atoms with E-state index in [1.54, 1.807) is 13.0 Å². The molecule has 1 aromatic carbocycles. The minimum atomic E-state index is -4.09. The quantitative estimate of drug-likeness (QED) is 0.549. The van der Waals surface area contributed by atoms with Crippen LogP contribution in [-0.2, 0) is 14.8 Å². The summed E-state index contributed by atoms with van der Waals surface area (Å²) in [5.74, 6) is 0. The molecule has 0 radical (unpaired) electrons. The number of H-pyrrole nitrogens is 1. The Hall–Kier alpha value is -2.85. The highest BCUT2D eigenvalue weighted by atomic mass is 32.2. The highest BCUT2D eigenvalue weighted by Crippen LogP contribution is 2.24. The van der Waals surface area contributed by atoms with Crippen molar-refractivity contribution in [3.63, 3.8) is 0 Å². The molecular formula is C19H21N3O5S2. The summed E-state index contributed by atoms with van der Waals surface area (Å²) < 4.78 is 31.6. The van der Waals surface area contributed by atoms with Crippen molar-refractivity contribution >= 4 is 33.1 Å². The third-order valence-electron chi connectivity index (χ3n) is 4.20. The zero-order valence-corrected chi connectivity index (χ0v) is 17.6. The van der Waals surface area contributed by atoms with Gasteiger partial charge >= 0.3 is 11.8 Å². The number of nitrogens with zero attached hydrogens (tertiary/aromatic N) is 1. The number of ether oxygens (including phenoxy) is 1.